The summed E-state index contributed by atoms with van der Waals surface area (Å²) in [6.45, 7) is 9.04. The van der Waals surface area contributed by atoms with Crippen LogP contribution in [0.15, 0.2) is 48.5 Å². The number of carbonyl (C=O) groups is 2. The summed E-state index contributed by atoms with van der Waals surface area (Å²) in [5.74, 6) is 0.751. The molecule has 1 heterocycles. The molecule has 0 aliphatic carbocycles. The SMILES string of the molecule is CCOc1ccccc1NC(=O)C(C)N1CCN(C(=O)Cc2ccccc2C)CC1. The largest absolute Gasteiger partial charge is 0.492 e. The van der Waals surface area contributed by atoms with E-state index in [2.05, 4.69) is 10.2 Å². The lowest BCUT2D eigenvalue weighted by molar-refractivity contribution is -0.133. The number of aryl methyl sites for hydroxylation is 1. The summed E-state index contributed by atoms with van der Waals surface area (Å²) in [5, 5.41) is 2.98. The monoisotopic (exact) mass is 409 g/mol. The van der Waals surface area contributed by atoms with Crippen LogP contribution in [-0.4, -0.2) is 60.4 Å². The molecule has 6 nitrogen and oxygen atoms in total. The summed E-state index contributed by atoms with van der Waals surface area (Å²) in [6.07, 6.45) is 0.428. The second-order valence-corrected chi connectivity index (χ2v) is 7.61. The molecule has 3 rings (SSSR count). The highest BCUT2D eigenvalue weighted by atomic mass is 16.5. The Bertz CT molecular complexity index is 876. The molecule has 0 aromatic heterocycles. The molecule has 1 aliphatic rings. The third-order valence-corrected chi connectivity index (χ3v) is 5.64. The average molecular weight is 410 g/mol. The number of nitrogens with one attached hydrogen (secondary N) is 1. The standard InChI is InChI=1S/C24H31N3O3/c1-4-30-22-12-8-7-11-21(22)25-24(29)19(3)26-13-15-27(16-14-26)23(28)17-20-10-6-5-9-18(20)2/h5-12,19H,4,13-17H2,1-3H3,(H,25,29). The first-order chi connectivity index (χ1) is 14.5. The van der Waals surface area contributed by atoms with Crippen molar-refractivity contribution in [3.05, 3.63) is 59.7 Å². The van der Waals surface area contributed by atoms with Gasteiger partial charge in [-0.15, -0.1) is 0 Å². The lowest BCUT2D eigenvalue weighted by atomic mass is 10.0. The van der Waals surface area contributed by atoms with Crippen molar-refractivity contribution in [2.24, 2.45) is 0 Å². The molecule has 1 N–H and O–H groups in total. The van der Waals surface area contributed by atoms with Crippen molar-refractivity contribution in [2.75, 3.05) is 38.1 Å². The molecule has 160 valence electrons. The van der Waals surface area contributed by atoms with Crippen molar-refractivity contribution < 1.29 is 14.3 Å². The Morgan fingerprint density at radius 2 is 1.70 bits per heavy atom. The number of para-hydroxylation sites is 2. The number of ether oxygens (including phenoxy) is 1. The van der Waals surface area contributed by atoms with Gasteiger partial charge >= 0.3 is 0 Å². The average Bonchev–Trinajstić information content (AvgIpc) is 2.76. The summed E-state index contributed by atoms with van der Waals surface area (Å²) in [4.78, 5) is 29.5. The van der Waals surface area contributed by atoms with Crippen LogP contribution in [-0.2, 0) is 16.0 Å². The maximum absolute atomic E-state index is 12.8. The summed E-state index contributed by atoms with van der Waals surface area (Å²) >= 11 is 0. The number of carbonyl (C=O) groups excluding carboxylic acids is 2. The Morgan fingerprint density at radius 3 is 2.40 bits per heavy atom. The number of hydrogen-bond acceptors (Lipinski definition) is 4. The van der Waals surface area contributed by atoms with Crippen molar-refractivity contribution in [3.8, 4) is 5.75 Å². The molecule has 1 fully saturated rings. The maximum Gasteiger partial charge on any atom is 0.241 e. The van der Waals surface area contributed by atoms with Gasteiger partial charge in [-0.2, -0.15) is 0 Å². The highest BCUT2D eigenvalue weighted by Crippen LogP contribution is 2.24. The third kappa shape index (κ3) is 5.39. The van der Waals surface area contributed by atoms with Crippen LogP contribution in [0.1, 0.15) is 25.0 Å². The number of benzene rings is 2. The first-order valence-electron chi connectivity index (χ1n) is 10.6. The summed E-state index contributed by atoms with van der Waals surface area (Å²) in [5.41, 5.74) is 2.90. The first kappa shape index (κ1) is 21.8. The first-order valence-corrected chi connectivity index (χ1v) is 10.6. The molecule has 0 spiro atoms. The second-order valence-electron chi connectivity index (χ2n) is 7.61. The van der Waals surface area contributed by atoms with Gasteiger partial charge in [-0.1, -0.05) is 36.4 Å². The van der Waals surface area contributed by atoms with E-state index in [1.54, 1.807) is 0 Å². The van der Waals surface area contributed by atoms with Crippen LogP contribution in [0.4, 0.5) is 5.69 Å². The summed E-state index contributed by atoms with van der Waals surface area (Å²) in [7, 11) is 0. The van der Waals surface area contributed by atoms with Crippen LogP contribution in [0, 0.1) is 6.92 Å². The number of hydrogen-bond donors (Lipinski definition) is 1. The number of anilines is 1. The number of amides is 2. The van der Waals surface area contributed by atoms with E-state index in [-0.39, 0.29) is 17.9 Å². The lowest BCUT2D eigenvalue weighted by Gasteiger charge is -2.37. The molecule has 1 atom stereocenters. The quantitative estimate of drug-likeness (QED) is 0.763. The minimum Gasteiger partial charge on any atom is -0.492 e. The predicted molar refractivity (Wildman–Crippen MR) is 119 cm³/mol. The highest BCUT2D eigenvalue weighted by molar-refractivity contribution is 5.95. The summed E-state index contributed by atoms with van der Waals surface area (Å²) < 4.78 is 5.59. The van der Waals surface area contributed by atoms with Gasteiger partial charge in [-0.25, -0.2) is 0 Å². The van der Waals surface area contributed by atoms with E-state index in [1.807, 2.05) is 74.2 Å². The number of nitrogens with zero attached hydrogens (tertiary/aromatic N) is 2. The Balaban J connectivity index is 1.52. The van der Waals surface area contributed by atoms with Crippen molar-refractivity contribution in [3.63, 3.8) is 0 Å². The van der Waals surface area contributed by atoms with Gasteiger partial charge in [-0.05, 0) is 44.0 Å². The van der Waals surface area contributed by atoms with E-state index in [1.165, 1.54) is 0 Å². The third-order valence-electron chi connectivity index (χ3n) is 5.64. The molecule has 6 heteroatoms. The Hall–Kier alpha value is -2.86. The van der Waals surface area contributed by atoms with Crippen LogP contribution >= 0.6 is 0 Å². The molecular formula is C24H31N3O3. The van der Waals surface area contributed by atoms with Gasteiger partial charge in [0.2, 0.25) is 11.8 Å². The van der Waals surface area contributed by atoms with Gasteiger partial charge in [0.05, 0.1) is 24.8 Å². The zero-order valence-corrected chi connectivity index (χ0v) is 18.1. The minimum absolute atomic E-state index is 0.0677. The smallest absolute Gasteiger partial charge is 0.241 e. The molecule has 0 saturated carbocycles. The van der Waals surface area contributed by atoms with Gasteiger partial charge in [-0.3, -0.25) is 14.5 Å². The molecule has 30 heavy (non-hydrogen) atoms. The predicted octanol–water partition coefficient (Wildman–Crippen LogP) is 3.11. The topological polar surface area (TPSA) is 61.9 Å². The molecule has 1 aliphatic heterocycles. The van der Waals surface area contributed by atoms with Gasteiger partial charge in [0, 0.05) is 26.2 Å². The fourth-order valence-electron chi connectivity index (χ4n) is 3.70. The van der Waals surface area contributed by atoms with E-state index in [0.29, 0.717) is 50.6 Å². The van der Waals surface area contributed by atoms with Crippen molar-refractivity contribution >= 4 is 17.5 Å². The van der Waals surface area contributed by atoms with Gasteiger partial charge in [0.1, 0.15) is 5.75 Å². The van der Waals surface area contributed by atoms with Gasteiger partial charge in [0.15, 0.2) is 0 Å². The van der Waals surface area contributed by atoms with Crippen LogP contribution in [0.2, 0.25) is 0 Å². The molecule has 2 amide bonds. The van der Waals surface area contributed by atoms with Crippen molar-refractivity contribution in [1.82, 2.24) is 9.80 Å². The van der Waals surface area contributed by atoms with Gasteiger partial charge < -0.3 is 15.0 Å². The van der Waals surface area contributed by atoms with Crippen LogP contribution in [0.3, 0.4) is 0 Å². The number of rotatable bonds is 7. The van der Waals surface area contributed by atoms with Crippen LogP contribution in [0.25, 0.3) is 0 Å². The zero-order valence-electron chi connectivity index (χ0n) is 18.1. The summed E-state index contributed by atoms with van der Waals surface area (Å²) in [6, 6.07) is 15.2. The second kappa shape index (κ2) is 10.3. The van der Waals surface area contributed by atoms with Crippen molar-refractivity contribution in [2.45, 2.75) is 33.2 Å². The molecule has 1 unspecified atom stereocenters. The maximum atomic E-state index is 12.8. The molecule has 2 aromatic carbocycles. The Morgan fingerprint density at radius 1 is 1.03 bits per heavy atom. The Labute approximate surface area is 178 Å². The van der Waals surface area contributed by atoms with E-state index < -0.39 is 0 Å². The minimum atomic E-state index is -0.284. The van der Waals surface area contributed by atoms with Gasteiger partial charge in [0.25, 0.3) is 0 Å². The molecule has 0 bridgehead atoms. The molecular weight excluding hydrogens is 378 g/mol. The fourth-order valence-corrected chi connectivity index (χ4v) is 3.70. The van der Waals surface area contributed by atoms with E-state index in [0.717, 1.165) is 11.1 Å². The van der Waals surface area contributed by atoms with Crippen molar-refractivity contribution in [1.29, 1.82) is 0 Å². The molecule has 0 radical (unpaired) electrons. The Kier molecular flexibility index (Phi) is 7.46. The molecule has 1 saturated heterocycles. The molecule has 2 aromatic rings. The van der Waals surface area contributed by atoms with E-state index in [9.17, 15) is 9.59 Å². The number of piperazine rings is 1. The van der Waals surface area contributed by atoms with E-state index >= 15 is 0 Å². The highest BCUT2D eigenvalue weighted by Gasteiger charge is 2.28. The van der Waals surface area contributed by atoms with E-state index in [4.69, 9.17) is 4.74 Å². The zero-order chi connectivity index (χ0) is 21.5. The van der Waals surface area contributed by atoms with Crippen LogP contribution < -0.4 is 10.1 Å². The fraction of sp³-hybridized carbons (Fsp3) is 0.417. The lowest BCUT2D eigenvalue weighted by Crippen LogP contribution is -2.54. The van der Waals surface area contributed by atoms with Crippen LogP contribution in [0.5, 0.6) is 5.75 Å². The normalized spacial score (nSPS) is 15.5.